The van der Waals surface area contributed by atoms with Crippen LogP contribution in [0.25, 0.3) is 33.4 Å². The highest BCUT2D eigenvalue weighted by molar-refractivity contribution is 6.33. The normalized spacial score (nSPS) is 16.8. The molecule has 1 N–H and O–H groups in total. The van der Waals surface area contributed by atoms with Gasteiger partial charge in [0.1, 0.15) is 5.65 Å². The quantitative estimate of drug-likeness (QED) is 0.348. The molecule has 0 radical (unpaired) electrons. The molecule has 0 saturated carbocycles. The molecule has 2 aliphatic heterocycles. The summed E-state index contributed by atoms with van der Waals surface area (Å²) in [5.41, 5.74) is 4.09. The molecule has 2 aliphatic rings. The maximum atomic E-state index is 14.0. The van der Waals surface area contributed by atoms with Gasteiger partial charge in [-0.1, -0.05) is 23.7 Å². The fourth-order valence-corrected chi connectivity index (χ4v) is 5.61. The van der Waals surface area contributed by atoms with Gasteiger partial charge in [0.2, 0.25) is 5.95 Å². The number of fused-ring (bicyclic) bond motifs is 1. The summed E-state index contributed by atoms with van der Waals surface area (Å²) >= 11 is 6.79. The van der Waals surface area contributed by atoms with Crippen LogP contribution in [0.15, 0.2) is 47.7 Å². The molecule has 40 heavy (non-hydrogen) atoms. The number of aromatic nitrogens is 5. The van der Waals surface area contributed by atoms with E-state index in [1.54, 1.807) is 23.2 Å². The van der Waals surface area contributed by atoms with Gasteiger partial charge in [-0.25, -0.2) is 9.97 Å². The molecule has 4 aromatic rings. The van der Waals surface area contributed by atoms with Gasteiger partial charge in [0.15, 0.2) is 0 Å². The fraction of sp³-hybridized carbons (Fsp3) is 0.414. The highest BCUT2D eigenvalue weighted by Gasteiger charge is 2.29. The standard InChI is InChI=1S/C29H33ClN8O2/c1-3-32-29-33-15-21-12-24(23-5-4-20(13-25(23)30)26-16-31-14-19(2)34-26)28(39)38(27(21)35-29)11-8-36-6-9-37(10-7-36)22-17-40-18-22/h4-5,12-16,22H,3,6-11,17-18H2,1-2H3,(H,32,33,35). The predicted molar refractivity (Wildman–Crippen MR) is 157 cm³/mol. The molecular formula is C29H33ClN8O2. The lowest BCUT2D eigenvalue weighted by Crippen LogP contribution is -2.56. The molecule has 2 fully saturated rings. The van der Waals surface area contributed by atoms with Gasteiger partial charge < -0.3 is 10.1 Å². The number of ether oxygens (including phenoxy) is 1. The number of halogens is 1. The van der Waals surface area contributed by atoms with Crippen molar-refractivity contribution in [2.75, 3.05) is 57.8 Å². The van der Waals surface area contributed by atoms with Crippen LogP contribution in [0.5, 0.6) is 0 Å². The Morgan fingerprint density at radius 2 is 1.85 bits per heavy atom. The molecule has 0 spiro atoms. The summed E-state index contributed by atoms with van der Waals surface area (Å²) in [6.07, 6.45) is 5.19. The van der Waals surface area contributed by atoms with Gasteiger partial charge in [-0.3, -0.25) is 24.1 Å². The SMILES string of the molecule is CCNc1ncc2cc(-c3ccc(-c4cncc(C)n4)cc3Cl)c(=O)n(CCN3CCN(C4COC4)CC3)c2n1. The van der Waals surface area contributed by atoms with E-state index >= 15 is 0 Å². The molecule has 5 heterocycles. The Labute approximate surface area is 238 Å². The summed E-state index contributed by atoms with van der Waals surface area (Å²) in [5.74, 6) is 0.508. The minimum absolute atomic E-state index is 0.121. The van der Waals surface area contributed by atoms with Crippen molar-refractivity contribution in [2.45, 2.75) is 26.4 Å². The van der Waals surface area contributed by atoms with E-state index in [0.717, 1.165) is 68.3 Å². The van der Waals surface area contributed by atoms with Gasteiger partial charge in [0.05, 0.1) is 36.8 Å². The van der Waals surface area contributed by atoms with Gasteiger partial charge in [0, 0.05) is 85.3 Å². The first-order valence-corrected chi connectivity index (χ1v) is 14.2. The summed E-state index contributed by atoms with van der Waals surface area (Å²) < 4.78 is 7.14. The van der Waals surface area contributed by atoms with Crippen molar-refractivity contribution in [3.05, 3.63) is 63.9 Å². The van der Waals surface area contributed by atoms with E-state index < -0.39 is 0 Å². The van der Waals surface area contributed by atoms with Crippen molar-refractivity contribution in [1.29, 1.82) is 0 Å². The maximum absolute atomic E-state index is 14.0. The monoisotopic (exact) mass is 560 g/mol. The molecule has 0 atom stereocenters. The fourth-order valence-electron chi connectivity index (χ4n) is 5.33. The lowest BCUT2D eigenvalue weighted by atomic mass is 10.0. The van der Waals surface area contributed by atoms with Crippen LogP contribution in [0, 0.1) is 6.92 Å². The smallest absolute Gasteiger partial charge is 0.260 e. The van der Waals surface area contributed by atoms with E-state index in [0.29, 0.717) is 46.9 Å². The zero-order valence-corrected chi connectivity index (χ0v) is 23.6. The number of pyridine rings is 1. The lowest BCUT2D eigenvalue weighted by Gasteiger charge is -2.42. The number of rotatable bonds is 8. The van der Waals surface area contributed by atoms with Crippen LogP contribution in [-0.2, 0) is 11.3 Å². The third kappa shape index (κ3) is 5.44. The van der Waals surface area contributed by atoms with Gasteiger partial charge in [-0.05, 0) is 26.0 Å². The van der Waals surface area contributed by atoms with Crippen LogP contribution in [0.3, 0.4) is 0 Å². The Bertz CT molecular complexity index is 1580. The van der Waals surface area contributed by atoms with Crippen molar-refractivity contribution in [3.63, 3.8) is 0 Å². The molecule has 1 aromatic carbocycles. The zero-order chi connectivity index (χ0) is 27.6. The van der Waals surface area contributed by atoms with Gasteiger partial charge in [-0.15, -0.1) is 0 Å². The largest absolute Gasteiger partial charge is 0.378 e. The minimum Gasteiger partial charge on any atom is -0.378 e. The van der Waals surface area contributed by atoms with Crippen molar-refractivity contribution in [3.8, 4) is 22.4 Å². The van der Waals surface area contributed by atoms with Crippen LogP contribution < -0.4 is 10.9 Å². The molecule has 2 saturated heterocycles. The van der Waals surface area contributed by atoms with Gasteiger partial charge in [0.25, 0.3) is 5.56 Å². The van der Waals surface area contributed by atoms with Crippen LogP contribution >= 0.6 is 11.6 Å². The Morgan fingerprint density at radius 1 is 1.02 bits per heavy atom. The summed E-state index contributed by atoms with van der Waals surface area (Å²) in [6.45, 7) is 11.5. The van der Waals surface area contributed by atoms with Crippen LogP contribution in [0.2, 0.25) is 5.02 Å². The number of anilines is 1. The molecule has 0 amide bonds. The predicted octanol–water partition coefficient (Wildman–Crippen LogP) is 3.33. The highest BCUT2D eigenvalue weighted by atomic mass is 35.5. The van der Waals surface area contributed by atoms with Crippen molar-refractivity contribution < 1.29 is 4.74 Å². The van der Waals surface area contributed by atoms with E-state index in [-0.39, 0.29) is 5.56 Å². The lowest BCUT2D eigenvalue weighted by molar-refractivity contribution is -0.0769. The summed E-state index contributed by atoms with van der Waals surface area (Å²) in [4.78, 5) is 36.9. The second-order valence-corrected chi connectivity index (χ2v) is 10.7. The average Bonchev–Trinajstić information content (AvgIpc) is 2.93. The topological polar surface area (TPSA) is 101 Å². The van der Waals surface area contributed by atoms with E-state index in [2.05, 4.69) is 30.1 Å². The summed E-state index contributed by atoms with van der Waals surface area (Å²) in [7, 11) is 0. The molecule has 11 heteroatoms. The third-order valence-electron chi connectivity index (χ3n) is 7.66. The number of nitrogens with zero attached hydrogens (tertiary/aromatic N) is 7. The highest BCUT2D eigenvalue weighted by Crippen LogP contribution is 2.31. The molecule has 208 valence electrons. The number of hydrogen-bond donors (Lipinski definition) is 1. The Kier molecular flexibility index (Phi) is 7.75. The minimum atomic E-state index is -0.121. The molecule has 0 aliphatic carbocycles. The van der Waals surface area contributed by atoms with E-state index in [4.69, 9.17) is 21.3 Å². The summed E-state index contributed by atoms with van der Waals surface area (Å²) in [6, 6.07) is 8.05. The van der Waals surface area contributed by atoms with E-state index in [1.807, 2.05) is 38.1 Å². The molecule has 6 rings (SSSR count). The zero-order valence-electron chi connectivity index (χ0n) is 22.8. The number of aryl methyl sites for hydroxylation is 1. The number of piperazine rings is 1. The molecular weight excluding hydrogens is 528 g/mol. The van der Waals surface area contributed by atoms with Crippen LogP contribution in [0.1, 0.15) is 12.6 Å². The second kappa shape index (κ2) is 11.6. The molecule has 0 unspecified atom stereocenters. The third-order valence-corrected chi connectivity index (χ3v) is 7.97. The van der Waals surface area contributed by atoms with Crippen molar-refractivity contribution >= 4 is 28.6 Å². The van der Waals surface area contributed by atoms with Crippen molar-refractivity contribution in [2.24, 2.45) is 0 Å². The first kappa shape index (κ1) is 26.8. The first-order valence-electron chi connectivity index (χ1n) is 13.8. The van der Waals surface area contributed by atoms with E-state index in [9.17, 15) is 4.79 Å². The van der Waals surface area contributed by atoms with Crippen molar-refractivity contribution in [1.82, 2.24) is 34.3 Å². The number of nitrogens with one attached hydrogen (secondary N) is 1. The van der Waals surface area contributed by atoms with Crippen LogP contribution in [-0.4, -0.2) is 92.8 Å². The summed E-state index contributed by atoms with van der Waals surface area (Å²) in [5, 5.41) is 4.43. The Hall–Kier alpha value is -3.44. The Morgan fingerprint density at radius 3 is 2.55 bits per heavy atom. The number of hydrogen-bond acceptors (Lipinski definition) is 9. The molecule has 3 aromatic heterocycles. The van der Waals surface area contributed by atoms with E-state index in [1.165, 1.54) is 0 Å². The van der Waals surface area contributed by atoms with Gasteiger partial charge in [-0.2, -0.15) is 4.98 Å². The molecule has 0 bridgehead atoms. The average molecular weight is 561 g/mol. The maximum Gasteiger partial charge on any atom is 0.260 e. The number of benzene rings is 1. The second-order valence-electron chi connectivity index (χ2n) is 10.3. The van der Waals surface area contributed by atoms with Gasteiger partial charge >= 0.3 is 0 Å². The Balaban J connectivity index is 1.32. The van der Waals surface area contributed by atoms with Crippen LogP contribution in [0.4, 0.5) is 5.95 Å². The molecule has 10 nitrogen and oxygen atoms in total. The first-order chi connectivity index (χ1) is 19.5.